The van der Waals surface area contributed by atoms with Crippen molar-refractivity contribution in [2.75, 3.05) is 13.7 Å². The van der Waals surface area contributed by atoms with E-state index < -0.39 is 17.8 Å². The third-order valence-electron chi connectivity index (χ3n) is 2.31. The van der Waals surface area contributed by atoms with E-state index in [0.717, 1.165) is 0 Å². The van der Waals surface area contributed by atoms with Gasteiger partial charge in [0, 0.05) is 0 Å². The number of hydrogen-bond acceptors (Lipinski definition) is 6. The standard InChI is InChI=1S/C14H16N2O4/c1-4-9-20-14(18)13(10(2)17)16-15-11-5-7-12(19-3)8-6-11/h4-8,13H,1,9H2,2-3H3. The van der Waals surface area contributed by atoms with Crippen LogP contribution in [0.4, 0.5) is 5.69 Å². The number of carbonyl (C=O) groups is 2. The van der Waals surface area contributed by atoms with Crippen molar-refractivity contribution in [1.82, 2.24) is 0 Å². The van der Waals surface area contributed by atoms with Crippen molar-refractivity contribution >= 4 is 17.4 Å². The summed E-state index contributed by atoms with van der Waals surface area (Å²) in [4.78, 5) is 23.0. The van der Waals surface area contributed by atoms with E-state index in [1.807, 2.05) is 0 Å². The van der Waals surface area contributed by atoms with Crippen LogP contribution in [0.2, 0.25) is 0 Å². The fraction of sp³-hybridized carbons (Fsp3) is 0.286. The molecule has 6 nitrogen and oxygen atoms in total. The normalized spacial score (nSPS) is 11.9. The zero-order valence-electron chi connectivity index (χ0n) is 11.4. The molecular formula is C14H16N2O4. The lowest BCUT2D eigenvalue weighted by molar-refractivity contribution is -0.146. The summed E-state index contributed by atoms with van der Waals surface area (Å²) in [5.74, 6) is -0.497. The molecule has 0 aliphatic carbocycles. The van der Waals surface area contributed by atoms with Gasteiger partial charge in [0.15, 0.2) is 5.78 Å². The summed E-state index contributed by atoms with van der Waals surface area (Å²) < 4.78 is 9.79. The maximum Gasteiger partial charge on any atom is 0.340 e. The highest BCUT2D eigenvalue weighted by Gasteiger charge is 2.24. The molecule has 1 atom stereocenters. The van der Waals surface area contributed by atoms with Crippen molar-refractivity contribution in [2.45, 2.75) is 13.0 Å². The molecule has 1 unspecified atom stereocenters. The third-order valence-corrected chi connectivity index (χ3v) is 2.31. The molecule has 0 saturated carbocycles. The predicted molar refractivity (Wildman–Crippen MR) is 73.1 cm³/mol. The molecule has 0 saturated heterocycles. The molecule has 0 fully saturated rings. The van der Waals surface area contributed by atoms with Gasteiger partial charge < -0.3 is 9.47 Å². The Morgan fingerprint density at radius 1 is 1.35 bits per heavy atom. The number of esters is 1. The SMILES string of the molecule is C=CCOC(=O)C(N=Nc1ccc(OC)cc1)C(C)=O. The summed E-state index contributed by atoms with van der Waals surface area (Å²) >= 11 is 0. The van der Waals surface area contributed by atoms with E-state index in [-0.39, 0.29) is 6.61 Å². The molecule has 106 valence electrons. The van der Waals surface area contributed by atoms with Crippen LogP contribution in [-0.2, 0) is 14.3 Å². The van der Waals surface area contributed by atoms with Gasteiger partial charge in [-0.05, 0) is 31.2 Å². The summed E-state index contributed by atoms with van der Waals surface area (Å²) in [5, 5.41) is 7.58. The summed E-state index contributed by atoms with van der Waals surface area (Å²) in [6.45, 7) is 4.70. The lowest BCUT2D eigenvalue weighted by atomic mass is 10.2. The quantitative estimate of drug-likeness (QED) is 0.332. The van der Waals surface area contributed by atoms with Crippen LogP contribution < -0.4 is 4.74 Å². The summed E-state index contributed by atoms with van der Waals surface area (Å²) in [7, 11) is 1.55. The van der Waals surface area contributed by atoms with Gasteiger partial charge in [0.05, 0.1) is 12.8 Å². The van der Waals surface area contributed by atoms with Crippen molar-refractivity contribution in [3.63, 3.8) is 0 Å². The van der Waals surface area contributed by atoms with Crippen LogP contribution in [0.25, 0.3) is 0 Å². The van der Waals surface area contributed by atoms with E-state index in [1.54, 1.807) is 31.4 Å². The molecule has 0 aliphatic rings. The Bertz CT molecular complexity index is 508. The number of hydrogen-bond donors (Lipinski definition) is 0. The zero-order valence-corrected chi connectivity index (χ0v) is 11.4. The van der Waals surface area contributed by atoms with E-state index >= 15 is 0 Å². The molecule has 0 radical (unpaired) electrons. The fourth-order valence-corrected chi connectivity index (χ4v) is 1.29. The molecule has 1 aromatic carbocycles. The maximum absolute atomic E-state index is 11.6. The van der Waals surface area contributed by atoms with Crippen LogP contribution in [0.1, 0.15) is 6.92 Å². The van der Waals surface area contributed by atoms with E-state index in [0.29, 0.717) is 11.4 Å². The molecule has 0 aromatic heterocycles. The van der Waals surface area contributed by atoms with E-state index in [9.17, 15) is 9.59 Å². The average molecular weight is 276 g/mol. The van der Waals surface area contributed by atoms with Crippen molar-refractivity contribution < 1.29 is 19.1 Å². The Morgan fingerprint density at radius 2 is 2.00 bits per heavy atom. The number of carbonyl (C=O) groups excluding carboxylic acids is 2. The third kappa shape index (κ3) is 4.64. The van der Waals surface area contributed by atoms with Gasteiger partial charge in [0.1, 0.15) is 12.4 Å². The topological polar surface area (TPSA) is 77.3 Å². The first kappa shape index (κ1) is 15.6. The van der Waals surface area contributed by atoms with Gasteiger partial charge >= 0.3 is 5.97 Å². The van der Waals surface area contributed by atoms with Gasteiger partial charge in [-0.3, -0.25) is 4.79 Å². The highest BCUT2D eigenvalue weighted by molar-refractivity contribution is 6.02. The average Bonchev–Trinajstić information content (AvgIpc) is 2.45. The van der Waals surface area contributed by atoms with Gasteiger partial charge in [-0.2, -0.15) is 10.2 Å². The van der Waals surface area contributed by atoms with Gasteiger partial charge in [-0.15, -0.1) is 0 Å². The molecular weight excluding hydrogens is 260 g/mol. The first-order valence-corrected chi connectivity index (χ1v) is 5.91. The Morgan fingerprint density at radius 3 is 2.50 bits per heavy atom. The Kier molecular flexibility index (Phi) is 6.09. The minimum Gasteiger partial charge on any atom is -0.497 e. The molecule has 1 rings (SSSR count). The van der Waals surface area contributed by atoms with E-state index in [2.05, 4.69) is 16.8 Å². The number of Topliss-reactive ketones (excluding diaryl/α,β-unsaturated/α-hetero) is 1. The number of methoxy groups -OCH3 is 1. The van der Waals surface area contributed by atoms with Crippen LogP contribution in [0.5, 0.6) is 5.75 Å². The largest absolute Gasteiger partial charge is 0.497 e. The van der Waals surface area contributed by atoms with Crippen LogP contribution >= 0.6 is 0 Å². The monoisotopic (exact) mass is 276 g/mol. The van der Waals surface area contributed by atoms with E-state index in [1.165, 1.54) is 13.0 Å². The lowest BCUT2D eigenvalue weighted by Gasteiger charge is -2.06. The lowest BCUT2D eigenvalue weighted by Crippen LogP contribution is -2.28. The van der Waals surface area contributed by atoms with Crippen LogP contribution in [0.15, 0.2) is 47.1 Å². The maximum atomic E-state index is 11.6. The number of ketones is 1. The Balaban J connectivity index is 2.78. The molecule has 0 heterocycles. The number of ether oxygens (including phenoxy) is 2. The second-order valence-electron chi connectivity index (χ2n) is 3.85. The molecule has 0 bridgehead atoms. The molecule has 0 N–H and O–H groups in total. The summed E-state index contributed by atoms with van der Waals surface area (Å²) in [5.41, 5.74) is 0.508. The predicted octanol–water partition coefficient (Wildman–Crippen LogP) is 2.47. The molecule has 6 heteroatoms. The van der Waals surface area contributed by atoms with Crippen LogP contribution in [0, 0.1) is 0 Å². The first-order chi connectivity index (χ1) is 9.58. The Hall–Kier alpha value is -2.50. The smallest absolute Gasteiger partial charge is 0.340 e. The molecule has 20 heavy (non-hydrogen) atoms. The number of rotatable bonds is 7. The van der Waals surface area contributed by atoms with Crippen molar-refractivity contribution in [3.8, 4) is 5.75 Å². The van der Waals surface area contributed by atoms with Crippen LogP contribution in [0.3, 0.4) is 0 Å². The first-order valence-electron chi connectivity index (χ1n) is 5.91. The molecule has 1 aromatic rings. The number of benzene rings is 1. The Labute approximate surface area is 117 Å². The van der Waals surface area contributed by atoms with E-state index in [4.69, 9.17) is 9.47 Å². The minimum absolute atomic E-state index is 0.0284. The number of nitrogens with zero attached hydrogens (tertiary/aromatic N) is 2. The number of azo groups is 1. The van der Waals surface area contributed by atoms with Gasteiger partial charge in [-0.25, -0.2) is 4.79 Å². The van der Waals surface area contributed by atoms with Crippen molar-refractivity contribution in [2.24, 2.45) is 10.2 Å². The molecule has 0 amide bonds. The zero-order chi connectivity index (χ0) is 15.0. The molecule has 0 spiro atoms. The van der Waals surface area contributed by atoms with Crippen LogP contribution in [-0.4, -0.2) is 31.5 Å². The highest BCUT2D eigenvalue weighted by Crippen LogP contribution is 2.18. The fourth-order valence-electron chi connectivity index (χ4n) is 1.29. The highest BCUT2D eigenvalue weighted by atomic mass is 16.5. The minimum atomic E-state index is -1.25. The second kappa shape index (κ2) is 7.83. The van der Waals surface area contributed by atoms with Gasteiger partial charge in [0.2, 0.25) is 6.04 Å². The molecule has 0 aliphatic heterocycles. The van der Waals surface area contributed by atoms with Crippen molar-refractivity contribution in [1.29, 1.82) is 0 Å². The van der Waals surface area contributed by atoms with Gasteiger partial charge in [-0.1, -0.05) is 12.7 Å². The van der Waals surface area contributed by atoms with Crippen molar-refractivity contribution in [3.05, 3.63) is 36.9 Å². The summed E-state index contributed by atoms with van der Waals surface area (Å²) in [6.07, 6.45) is 1.41. The second-order valence-corrected chi connectivity index (χ2v) is 3.85. The van der Waals surface area contributed by atoms with Gasteiger partial charge in [0.25, 0.3) is 0 Å². The summed E-state index contributed by atoms with van der Waals surface area (Å²) in [6, 6.07) is 5.47.